The average Bonchev–Trinajstić information content (AvgIpc) is 2.46. The summed E-state index contributed by atoms with van der Waals surface area (Å²) >= 11 is 0. The van der Waals surface area contributed by atoms with Crippen LogP contribution in [0.3, 0.4) is 0 Å². The summed E-state index contributed by atoms with van der Waals surface area (Å²) in [5, 5.41) is 9.76. The van der Waals surface area contributed by atoms with Gasteiger partial charge in [0.1, 0.15) is 0 Å². The first-order valence-corrected chi connectivity index (χ1v) is 7.28. The van der Waals surface area contributed by atoms with Crippen molar-refractivity contribution >= 4 is 5.69 Å². The molecule has 1 fully saturated rings. The normalized spacial score (nSPS) is 22.5. The van der Waals surface area contributed by atoms with Crippen LogP contribution in [0.25, 0.3) is 0 Å². The first kappa shape index (κ1) is 14.3. The van der Waals surface area contributed by atoms with Gasteiger partial charge in [-0.05, 0) is 32.0 Å². The molecule has 1 aromatic rings. The Morgan fingerprint density at radius 2 is 2.16 bits per heavy atom. The molecule has 2 atom stereocenters. The van der Waals surface area contributed by atoms with E-state index >= 15 is 0 Å². The molecule has 0 amide bonds. The van der Waals surface area contributed by atoms with Crippen molar-refractivity contribution in [1.82, 2.24) is 9.88 Å². The molecule has 1 N–H and O–H groups in total. The third kappa shape index (κ3) is 3.25. The van der Waals surface area contributed by atoms with E-state index in [1.165, 1.54) is 0 Å². The van der Waals surface area contributed by atoms with Crippen LogP contribution in [0.2, 0.25) is 0 Å². The molecule has 1 aliphatic heterocycles. The SMILES string of the molecule is CC[C@@H](O)c1ccc(N2CCN(CC)C(C)C2)cn1. The number of anilines is 1. The molecule has 4 heteroatoms. The lowest BCUT2D eigenvalue weighted by Crippen LogP contribution is -2.51. The zero-order chi connectivity index (χ0) is 13.8. The average molecular weight is 263 g/mol. The van der Waals surface area contributed by atoms with E-state index < -0.39 is 6.10 Å². The number of pyridine rings is 1. The minimum Gasteiger partial charge on any atom is -0.387 e. The van der Waals surface area contributed by atoms with E-state index in [9.17, 15) is 5.11 Å². The Morgan fingerprint density at radius 1 is 1.37 bits per heavy atom. The highest BCUT2D eigenvalue weighted by atomic mass is 16.3. The highest BCUT2D eigenvalue weighted by Gasteiger charge is 2.22. The lowest BCUT2D eigenvalue weighted by molar-refractivity contribution is 0.169. The largest absolute Gasteiger partial charge is 0.387 e. The molecule has 0 aliphatic carbocycles. The number of rotatable bonds is 4. The van der Waals surface area contributed by atoms with Crippen molar-refractivity contribution < 1.29 is 5.11 Å². The second kappa shape index (κ2) is 6.35. The van der Waals surface area contributed by atoms with Crippen LogP contribution in [0.5, 0.6) is 0 Å². The van der Waals surface area contributed by atoms with Gasteiger partial charge in [-0.15, -0.1) is 0 Å². The maximum atomic E-state index is 9.76. The molecule has 1 aromatic heterocycles. The summed E-state index contributed by atoms with van der Waals surface area (Å²) in [7, 11) is 0. The van der Waals surface area contributed by atoms with Gasteiger partial charge in [-0.3, -0.25) is 9.88 Å². The lowest BCUT2D eigenvalue weighted by Gasteiger charge is -2.40. The molecule has 0 bridgehead atoms. The standard InChI is InChI=1S/C15H25N3O/c1-4-15(19)14-7-6-13(10-16-14)18-9-8-17(5-2)12(3)11-18/h6-7,10,12,15,19H,4-5,8-9,11H2,1-3H3/t12?,15-/m1/s1. The summed E-state index contributed by atoms with van der Waals surface area (Å²) in [6.07, 6.45) is 2.16. The molecular weight excluding hydrogens is 238 g/mol. The Hall–Kier alpha value is -1.13. The summed E-state index contributed by atoms with van der Waals surface area (Å²) in [5.41, 5.74) is 1.93. The third-order valence-corrected chi connectivity index (χ3v) is 4.04. The summed E-state index contributed by atoms with van der Waals surface area (Å²) in [5.74, 6) is 0. The number of aromatic nitrogens is 1. The van der Waals surface area contributed by atoms with Gasteiger partial charge in [0.15, 0.2) is 0 Å². The van der Waals surface area contributed by atoms with Crippen molar-refractivity contribution in [3.8, 4) is 0 Å². The molecular formula is C15H25N3O. The second-order valence-corrected chi connectivity index (χ2v) is 5.29. The number of aliphatic hydroxyl groups excluding tert-OH is 1. The van der Waals surface area contributed by atoms with Gasteiger partial charge in [-0.25, -0.2) is 0 Å². The lowest BCUT2D eigenvalue weighted by atomic mass is 10.1. The molecule has 1 unspecified atom stereocenters. The number of likely N-dealkylation sites (N-methyl/N-ethyl adjacent to an activating group) is 1. The Kier molecular flexibility index (Phi) is 4.77. The zero-order valence-electron chi connectivity index (χ0n) is 12.2. The van der Waals surface area contributed by atoms with E-state index in [2.05, 4.69) is 34.7 Å². The molecule has 106 valence electrons. The van der Waals surface area contributed by atoms with Crippen LogP contribution in [-0.4, -0.2) is 47.2 Å². The topological polar surface area (TPSA) is 39.6 Å². The van der Waals surface area contributed by atoms with E-state index in [-0.39, 0.29) is 0 Å². The van der Waals surface area contributed by atoms with Gasteiger partial charge in [0.2, 0.25) is 0 Å². The number of aliphatic hydroxyl groups is 1. The number of piperazine rings is 1. The predicted octanol–water partition coefficient (Wildman–Crippen LogP) is 2.06. The van der Waals surface area contributed by atoms with E-state index in [0.717, 1.165) is 37.6 Å². The second-order valence-electron chi connectivity index (χ2n) is 5.29. The quantitative estimate of drug-likeness (QED) is 0.902. The zero-order valence-corrected chi connectivity index (χ0v) is 12.2. The molecule has 1 saturated heterocycles. The van der Waals surface area contributed by atoms with Gasteiger partial charge in [-0.1, -0.05) is 13.8 Å². The maximum Gasteiger partial charge on any atom is 0.0957 e. The van der Waals surface area contributed by atoms with Crippen LogP contribution >= 0.6 is 0 Å². The van der Waals surface area contributed by atoms with Crippen molar-refractivity contribution in [3.05, 3.63) is 24.0 Å². The van der Waals surface area contributed by atoms with Gasteiger partial charge in [0, 0.05) is 25.7 Å². The molecule has 2 heterocycles. The highest BCUT2D eigenvalue weighted by Crippen LogP contribution is 2.21. The summed E-state index contributed by atoms with van der Waals surface area (Å²) in [4.78, 5) is 9.26. The molecule has 0 aromatic carbocycles. The molecule has 0 saturated carbocycles. The first-order chi connectivity index (χ1) is 9.15. The van der Waals surface area contributed by atoms with Crippen LogP contribution in [0, 0.1) is 0 Å². The van der Waals surface area contributed by atoms with E-state index in [4.69, 9.17) is 0 Å². The minimum absolute atomic E-state index is 0.440. The number of hydrogen-bond donors (Lipinski definition) is 1. The minimum atomic E-state index is -0.440. The fraction of sp³-hybridized carbons (Fsp3) is 0.667. The van der Waals surface area contributed by atoms with E-state index in [1.807, 2.05) is 19.2 Å². The highest BCUT2D eigenvalue weighted by molar-refractivity contribution is 5.45. The van der Waals surface area contributed by atoms with E-state index in [1.54, 1.807) is 0 Å². The van der Waals surface area contributed by atoms with Crippen molar-refractivity contribution in [2.24, 2.45) is 0 Å². The van der Waals surface area contributed by atoms with Gasteiger partial charge >= 0.3 is 0 Å². The fourth-order valence-electron chi connectivity index (χ4n) is 2.69. The molecule has 1 aliphatic rings. The van der Waals surface area contributed by atoms with Crippen LogP contribution in [-0.2, 0) is 0 Å². The monoisotopic (exact) mass is 263 g/mol. The Morgan fingerprint density at radius 3 is 2.68 bits per heavy atom. The smallest absolute Gasteiger partial charge is 0.0957 e. The Bertz CT molecular complexity index is 393. The maximum absolute atomic E-state index is 9.76. The summed E-state index contributed by atoms with van der Waals surface area (Å²) in [6, 6.07) is 4.61. The molecule has 0 spiro atoms. The number of hydrogen-bond acceptors (Lipinski definition) is 4. The van der Waals surface area contributed by atoms with E-state index in [0.29, 0.717) is 12.5 Å². The molecule has 19 heavy (non-hydrogen) atoms. The van der Waals surface area contributed by atoms with Crippen molar-refractivity contribution in [2.45, 2.75) is 39.3 Å². The van der Waals surface area contributed by atoms with Crippen molar-refractivity contribution in [1.29, 1.82) is 0 Å². The Balaban J connectivity index is 2.03. The van der Waals surface area contributed by atoms with Crippen LogP contribution in [0.15, 0.2) is 18.3 Å². The van der Waals surface area contributed by atoms with Crippen LogP contribution < -0.4 is 4.90 Å². The van der Waals surface area contributed by atoms with Crippen molar-refractivity contribution in [3.63, 3.8) is 0 Å². The predicted molar refractivity (Wildman–Crippen MR) is 78.4 cm³/mol. The van der Waals surface area contributed by atoms with Crippen molar-refractivity contribution in [2.75, 3.05) is 31.1 Å². The summed E-state index contributed by atoms with van der Waals surface area (Å²) in [6.45, 7) is 10.8. The van der Waals surface area contributed by atoms with Gasteiger partial charge in [0.05, 0.1) is 23.7 Å². The fourth-order valence-corrected chi connectivity index (χ4v) is 2.69. The van der Waals surface area contributed by atoms with Crippen LogP contribution in [0.1, 0.15) is 39.0 Å². The van der Waals surface area contributed by atoms with Gasteiger partial charge in [-0.2, -0.15) is 0 Å². The third-order valence-electron chi connectivity index (χ3n) is 4.04. The first-order valence-electron chi connectivity index (χ1n) is 7.28. The molecule has 0 radical (unpaired) electrons. The molecule has 4 nitrogen and oxygen atoms in total. The van der Waals surface area contributed by atoms with Gasteiger partial charge < -0.3 is 10.0 Å². The number of nitrogens with zero attached hydrogens (tertiary/aromatic N) is 3. The Labute approximate surface area is 116 Å². The van der Waals surface area contributed by atoms with Gasteiger partial charge in [0.25, 0.3) is 0 Å². The summed E-state index contributed by atoms with van der Waals surface area (Å²) < 4.78 is 0. The molecule has 2 rings (SSSR count). The van der Waals surface area contributed by atoms with Crippen LogP contribution in [0.4, 0.5) is 5.69 Å².